The first-order chi connectivity index (χ1) is 8.31. The summed E-state index contributed by atoms with van der Waals surface area (Å²) in [5.41, 5.74) is 2.69. The second-order valence-corrected chi connectivity index (χ2v) is 4.99. The van der Waals surface area contributed by atoms with E-state index in [1.807, 2.05) is 7.05 Å². The van der Waals surface area contributed by atoms with E-state index in [1.54, 1.807) is 0 Å². The molecule has 2 aromatic rings. The van der Waals surface area contributed by atoms with Gasteiger partial charge < -0.3 is 5.32 Å². The SMILES string of the molecule is CNCC(c1ccccc1)c1ccc(Br)cc1. The van der Waals surface area contributed by atoms with Crippen molar-refractivity contribution in [1.82, 2.24) is 5.32 Å². The van der Waals surface area contributed by atoms with Gasteiger partial charge in [-0.05, 0) is 30.3 Å². The molecule has 2 rings (SSSR count). The molecule has 17 heavy (non-hydrogen) atoms. The Kier molecular flexibility index (Phi) is 4.35. The molecule has 0 aliphatic heterocycles. The Bertz CT molecular complexity index is 450. The lowest BCUT2D eigenvalue weighted by molar-refractivity contribution is 0.708. The van der Waals surface area contributed by atoms with Crippen LogP contribution in [-0.4, -0.2) is 13.6 Å². The van der Waals surface area contributed by atoms with E-state index in [9.17, 15) is 0 Å². The third-order valence-corrected chi connectivity index (χ3v) is 3.41. The quantitative estimate of drug-likeness (QED) is 0.903. The van der Waals surface area contributed by atoms with Crippen LogP contribution in [0.3, 0.4) is 0 Å². The zero-order chi connectivity index (χ0) is 12.1. The van der Waals surface area contributed by atoms with Crippen molar-refractivity contribution in [3.05, 3.63) is 70.2 Å². The number of hydrogen-bond acceptors (Lipinski definition) is 1. The summed E-state index contributed by atoms with van der Waals surface area (Å²) in [7, 11) is 1.99. The van der Waals surface area contributed by atoms with Crippen molar-refractivity contribution < 1.29 is 0 Å². The summed E-state index contributed by atoms with van der Waals surface area (Å²) in [5.74, 6) is 0.411. The molecule has 0 heterocycles. The van der Waals surface area contributed by atoms with E-state index in [4.69, 9.17) is 0 Å². The first-order valence-electron chi connectivity index (χ1n) is 5.76. The monoisotopic (exact) mass is 289 g/mol. The molecule has 0 aliphatic carbocycles. The van der Waals surface area contributed by atoms with Gasteiger partial charge in [-0.25, -0.2) is 0 Å². The van der Waals surface area contributed by atoms with Gasteiger partial charge in [-0.2, -0.15) is 0 Å². The van der Waals surface area contributed by atoms with Gasteiger partial charge in [-0.3, -0.25) is 0 Å². The number of rotatable bonds is 4. The van der Waals surface area contributed by atoms with Crippen LogP contribution in [0.5, 0.6) is 0 Å². The molecule has 0 spiro atoms. The van der Waals surface area contributed by atoms with Crippen LogP contribution in [0.2, 0.25) is 0 Å². The first-order valence-corrected chi connectivity index (χ1v) is 6.55. The van der Waals surface area contributed by atoms with Crippen molar-refractivity contribution in [2.45, 2.75) is 5.92 Å². The molecule has 2 heteroatoms. The topological polar surface area (TPSA) is 12.0 Å². The highest BCUT2D eigenvalue weighted by Crippen LogP contribution is 2.25. The second-order valence-electron chi connectivity index (χ2n) is 4.07. The Labute approximate surface area is 111 Å². The largest absolute Gasteiger partial charge is 0.319 e. The van der Waals surface area contributed by atoms with E-state index in [1.165, 1.54) is 11.1 Å². The number of halogens is 1. The predicted molar refractivity (Wildman–Crippen MR) is 76.4 cm³/mol. The van der Waals surface area contributed by atoms with Crippen LogP contribution < -0.4 is 5.32 Å². The number of nitrogens with one attached hydrogen (secondary N) is 1. The Morgan fingerprint density at radius 1 is 0.941 bits per heavy atom. The maximum Gasteiger partial charge on any atom is 0.0214 e. The van der Waals surface area contributed by atoms with Crippen LogP contribution >= 0.6 is 15.9 Å². The van der Waals surface area contributed by atoms with Crippen LogP contribution in [0, 0.1) is 0 Å². The van der Waals surface area contributed by atoms with Crippen molar-refractivity contribution in [3.8, 4) is 0 Å². The van der Waals surface area contributed by atoms with E-state index in [-0.39, 0.29) is 0 Å². The number of benzene rings is 2. The summed E-state index contributed by atoms with van der Waals surface area (Å²) >= 11 is 3.47. The number of hydrogen-bond donors (Lipinski definition) is 1. The maximum atomic E-state index is 3.47. The lowest BCUT2D eigenvalue weighted by atomic mass is 9.91. The van der Waals surface area contributed by atoms with E-state index in [0.717, 1.165) is 11.0 Å². The lowest BCUT2D eigenvalue weighted by Gasteiger charge is -2.17. The van der Waals surface area contributed by atoms with Gasteiger partial charge in [0.15, 0.2) is 0 Å². The summed E-state index contributed by atoms with van der Waals surface area (Å²) in [4.78, 5) is 0. The molecule has 0 radical (unpaired) electrons. The average molecular weight is 290 g/mol. The highest BCUT2D eigenvalue weighted by atomic mass is 79.9. The Balaban J connectivity index is 2.32. The molecule has 1 nitrogen and oxygen atoms in total. The molecule has 88 valence electrons. The minimum Gasteiger partial charge on any atom is -0.319 e. The van der Waals surface area contributed by atoms with Gasteiger partial charge in [0.1, 0.15) is 0 Å². The fraction of sp³-hybridized carbons (Fsp3) is 0.200. The predicted octanol–water partition coefficient (Wildman–Crippen LogP) is 3.80. The van der Waals surface area contributed by atoms with Crippen molar-refractivity contribution in [3.63, 3.8) is 0 Å². The van der Waals surface area contributed by atoms with Gasteiger partial charge in [-0.1, -0.05) is 58.4 Å². The Morgan fingerprint density at radius 3 is 2.12 bits per heavy atom. The first kappa shape index (κ1) is 12.3. The highest BCUT2D eigenvalue weighted by molar-refractivity contribution is 9.10. The zero-order valence-electron chi connectivity index (χ0n) is 9.86. The number of likely N-dealkylation sites (N-methyl/N-ethyl adjacent to an activating group) is 1. The van der Waals surface area contributed by atoms with Crippen LogP contribution in [0.15, 0.2) is 59.1 Å². The van der Waals surface area contributed by atoms with Gasteiger partial charge in [0, 0.05) is 16.9 Å². The minimum atomic E-state index is 0.411. The summed E-state index contributed by atoms with van der Waals surface area (Å²) in [5, 5.41) is 3.27. The van der Waals surface area contributed by atoms with Gasteiger partial charge >= 0.3 is 0 Å². The van der Waals surface area contributed by atoms with Crippen LogP contribution in [0.25, 0.3) is 0 Å². The molecule has 0 bridgehead atoms. The van der Waals surface area contributed by atoms with Crippen LogP contribution in [0.4, 0.5) is 0 Å². The standard InChI is InChI=1S/C15H16BrN/c1-17-11-15(12-5-3-2-4-6-12)13-7-9-14(16)10-8-13/h2-10,15,17H,11H2,1H3. The summed E-state index contributed by atoms with van der Waals surface area (Å²) in [6.07, 6.45) is 0. The Morgan fingerprint density at radius 2 is 1.53 bits per heavy atom. The second kappa shape index (κ2) is 5.99. The van der Waals surface area contributed by atoms with Crippen molar-refractivity contribution >= 4 is 15.9 Å². The fourth-order valence-corrected chi connectivity index (χ4v) is 2.28. The molecule has 2 aromatic carbocycles. The average Bonchev–Trinajstić information content (AvgIpc) is 2.38. The molecule has 0 fully saturated rings. The van der Waals surface area contributed by atoms with Crippen molar-refractivity contribution in [2.24, 2.45) is 0 Å². The minimum absolute atomic E-state index is 0.411. The van der Waals surface area contributed by atoms with E-state index in [0.29, 0.717) is 5.92 Å². The van der Waals surface area contributed by atoms with Crippen molar-refractivity contribution in [2.75, 3.05) is 13.6 Å². The summed E-state index contributed by atoms with van der Waals surface area (Å²) in [6, 6.07) is 19.2. The van der Waals surface area contributed by atoms with E-state index >= 15 is 0 Å². The zero-order valence-corrected chi connectivity index (χ0v) is 11.4. The highest BCUT2D eigenvalue weighted by Gasteiger charge is 2.12. The Hall–Kier alpha value is -1.12. The lowest BCUT2D eigenvalue weighted by Crippen LogP contribution is -2.18. The van der Waals surface area contributed by atoms with Crippen LogP contribution in [0.1, 0.15) is 17.0 Å². The van der Waals surface area contributed by atoms with Crippen LogP contribution in [-0.2, 0) is 0 Å². The molecular weight excluding hydrogens is 274 g/mol. The third-order valence-electron chi connectivity index (χ3n) is 2.88. The summed E-state index contributed by atoms with van der Waals surface area (Å²) < 4.78 is 1.12. The molecule has 0 amide bonds. The van der Waals surface area contributed by atoms with Gasteiger partial charge in [-0.15, -0.1) is 0 Å². The molecular formula is C15H16BrN. The maximum absolute atomic E-state index is 3.47. The molecule has 1 unspecified atom stereocenters. The van der Waals surface area contributed by atoms with E-state index in [2.05, 4.69) is 75.8 Å². The molecule has 0 aromatic heterocycles. The fourth-order valence-electron chi connectivity index (χ4n) is 2.01. The molecule has 1 N–H and O–H groups in total. The van der Waals surface area contributed by atoms with Gasteiger partial charge in [0.05, 0.1) is 0 Å². The van der Waals surface area contributed by atoms with Crippen molar-refractivity contribution in [1.29, 1.82) is 0 Å². The molecule has 0 saturated heterocycles. The molecule has 0 aliphatic rings. The van der Waals surface area contributed by atoms with E-state index < -0.39 is 0 Å². The van der Waals surface area contributed by atoms with Gasteiger partial charge in [0.25, 0.3) is 0 Å². The smallest absolute Gasteiger partial charge is 0.0214 e. The van der Waals surface area contributed by atoms with Gasteiger partial charge in [0.2, 0.25) is 0 Å². The summed E-state index contributed by atoms with van der Waals surface area (Å²) in [6.45, 7) is 0.950. The third kappa shape index (κ3) is 3.18. The molecule has 1 atom stereocenters. The molecule has 0 saturated carbocycles. The normalized spacial score (nSPS) is 12.4.